The molecule has 1 atom stereocenters. The van der Waals surface area contributed by atoms with Crippen molar-refractivity contribution in [1.82, 2.24) is 5.32 Å². The largest absolute Gasteiger partial charge is 0.484 e. The number of nitrogens with one attached hydrogen (secondary N) is 1. The van der Waals surface area contributed by atoms with Crippen molar-refractivity contribution in [2.24, 2.45) is 0 Å². The molecule has 0 aliphatic carbocycles. The van der Waals surface area contributed by atoms with Crippen molar-refractivity contribution in [3.8, 4) is 5.75 Å². The van der Waals surface area contributed by atoms with Crippen LogP contribution in [0, 0.1) is 0 Å². The number of carboxylic acid groups (broad SMARTS) is 1. The molecule has 2 N–H and O–H groups in total. The minimum atomic E-state index is -1.02. The summed E-state index contributed by atoms with van der Waals surface area (Å²) in [6, 6.07) is 6.64. The SMILES string of the molecule is CCCC(NC(=O)COc1cccc(CC)c1)C(=O)O. The van der Waals surface area contributed by atoms with E-state index in [4.69, 9.17) is 9.84 Å². The molecular weight excluding hydrogens is 258 g/mol. The highest BCUT2D eigenvalue weighted by molar-refractivity contribution is 5.84. The lowest BCUT2D eigenvalue weighted by molar-refractivity contribution is -0.142. The van der Waals surface area contributed by atoms with Crippen molar-refractivity contribution < 1.29 is 19.4 Å². The molecule has 5 heteroatoms. The third kappa shape index (κ3) is 5.30. The van der Waals surface area contributed by atoms with E-state index in [1.807, 2.05) is 32.0 Å². The Morgan fingerprint density at radius 1 is 1.35 bits per heavy atom. The van der Waals surface area contributed by atoms with Gasteiger partial charge in [0.25, 0.3) is 5.91 Å². The van der Waals surface area contributed by atoms with Gasteiger partial charge in [-0.15, -0.1) is 0 Å². The van der Waals surface area contributed by atoms with Gasteiger partial charge in [-0.05, 0) is 30.5 Å². The molecular formula is C15H21NO4. The van der Waals surface area contributed by atoms with Crippen LogP contribution in [-0.2, 0) is 16.0 Å². The van der Waals surface area contributed by atoms with Gasteiger partial charge < -0.3 is 15.2 Å². The molecule has 1 aromatic carbocycles. The molecule has 5 nitrogen and oxygen atoms in total. The van der Waals surface area contributed by atoms with E-state index in [0.29, 0.717) is 18.6 Å². The van der Waals surface area contributed by atoms with Crippen LogP contribution in [0.5, 0.6) is 5.75 Å². The number of carbonyl (C=O) groups excluding carboxylic acids is 1. The van der Waals surface area contributed by atoms with Gasteiger partial charge in [-0.3, -0.25) is 4.79 Å². The molecule has 0 aliphatic heterocycles. The number of ether oxygens (including phenoxy) is 1. The molecule has 110 valence electrons. The van der Waals surface area contributed by atoms with E-state index in [-0.39, 0.29) is 6.61 Å². The number of hydrogen-bond acceptors (Lipinski definition) is 3. The van der Waals surface area contributed by atoms with Crippen LogP contribution in [0.3, 0.4) is 0 Å². The van der Waals surface area contributed by atoms with Gasteiger partial charge in [0.05, 0.1) is 0 Å². The fourth-order valence-corrected chi connectivity index (χ4v) is 1.79. The number of amides is 1. The third-order valence-corrected chi connectivity index (χ3v) is 2.89. The lowest BCUT2D eigenvalue weighted by Gasteiger charge is -2.14. The van der Waals surface area contributed by atoms with E-state index in [0.717, 1.165) is 12.0 Å². The smallest absolute Gasteiger partial charge is 0.326 e. The average molecular weight is 279 g/mol. The Labute approximate surface area is 118 Å². The van der Waals surface area contributed by atoms with Crippen LogP contribution in [0.15, 0.2) is 24.3 Å². The second-order valence-electron chi connectivity index (χ2n) is 4.54. The summed E-state index contributed by atoms with van der Waals surface area (Å²) in [5.74, 6) is -0.831. The van der Waals surface area contributed by atoms with Crippen LogP contribution >= 0.6 is 0 Å². The molecule has 1 rings (SSSR count). The molecule has 1 aromatic rings. The maximum absolute atomic E-state index is 11.7. The monoisotopic (exact) mass is 279 g/mol. The van der Waals surface area contributed by atoms with Gasteiger partial charge in [-0.1, -0.05) is 32.4 Å². The minimum Gasteiger partial charge on any atom is -0.484 e. The highest BCUT2D eigenvalue weighted by Gasteiger charge is 2.18. The molecule has 0 saturated carbocycles. The first-order chi connectivity index (χ1) is 9.56. The number of rotatable bonds is 8. The molecule has 1 amide bonds. The van der Waals surface area contributed by atoms with E-state index < -0.39 is 17.9 Å². The van der Waals surface area contributed by atoms with Gasteiger partial charge in [0.15, 0.2) is 6.61 Å². The Morgan fingerprint density at radius 3 is 2.70 bits per heavy atom. The quantitative estimate of drug-likeness (QED) is 0.763. The predicted molar refractivity (Wildman–Crippen MR) is 75.8 cm³/mol. The van der Waals surface area contributed by atoms with Crippen LogP contribution in [0.2, 0.25) is 0 Å². The normalized spacial score (nSPS) is 11.7. The number of aryl methyl sites for hydroxylation is 1. The number of carboxylic acids is 1. The van der Waals surface area contributed by atoms with Crippen LogP contribution in [-0.4, -0.2) is 29.6 Å². The topological polar surface area (TPSA) is 75.6 Å². The molecule has 0 saturated heterocycles. The van der Waals surface area contributed by atoms with Crippen molar-refractivity contribution in [2.75, 3.05) is 6.61 Å². The number of aliphatic carboxylic acids is 1. The Kier molecular flexibility index (Phi) is 6.56. The second kappa shape index (κ2) is 8.19. The Hall–Kier alpha value is -2.04. The molecule has 0 aliphatic rings. The lowest BCUT2D eigenvalue weighted by Crippen LogP contribution is -2.42. The summed E-state index contributed by atoms with van der Waals surface area (Å²) in [5.41, 5.74) is 1.12. The summed E-state index contributed by atoms with van der Waals surface area (Å²) < 4.78 is 5.36. The van der Waals surface area contributed by atoms with E-state index in [1.165, 1.54) is 0 Å². The summed E-state index contributed by atoms with van der Waals surface area (Å²) in [4.78, 5) is 22.6. The summed E-state index contributed by atoms with van der Waals surface area (Å²) in [6.45, 7) is 3.73. The van der Waals surface area contributed by atoms with Gasteiger partial charge in [0.2, 0.25) is 0 Å². The fraction of sp³-hybridized carbons (Fsp3) is 0.467. The van der Waals surface area contributed by atoms with Crippen LogP contribution in [0.1, 0.15) is 32.3 Å². The molecule has 0 heterocycles. The van der Waals surface area contributed by atoms with Crippen molar-refractivity contribution in [3.05, 3.63) is 29.8 Å². The van der Waals surface area contributed by atoms with Crippen LogP contribution in [0.4, 0.5) is 0 Å². The fourth-order valence-electron chi connectivity index (χ4n) is 1.79. The first-order valence-electron chi connectivity index (χ1n) is 6.80. The van der Waals surface area contributed by atoms with E-state index in [1.54, 1.807) is 6.07 Å². The van der Waals surface area contributed by atoms with Gasteiger partial charge in [0.1, 0.15) is 11.8 Å². The summed E-state index contributed by atoms with van der Waals surface area (Å²) in [5, 5.41) is 11.4. The lowest BCUT2D eigenvalue weighted by atomic mass is 10.1. The van der Waals surface area contributed by atoms with E-state index in [2.05, 4.69) is 5.32 Å². The number of hydrogen-bond donors (Lipinski definition) is 2. The van der Waals surface area contributed by atoms with Gasteiger partial charge in [-0.25, -0.2) is 4.79 Å². The predicted octanol–water partition coefficient (Wildman–Crippen LogP) is 2.00. The van der Waals surface area contributed by atoms with Gasteiger partial charge >= 0.3 is 5.97 Å². The van der Waals surface area contributed by atoms with Crippen molar-refractivity contribution in [2.45, 2.75) is 39.2 Å². The van der Waals surface area contributed by atoms with Crippen LogP contribution in [0.25, 0.3) is 0 Å². The molecule has 20 heavy (non-hydrogen) atoms. The Morgan fingerprint density at radius 2 is 2.10 bits per heavy atom. The van der Waals surface area contributed by atoms with Crippen molar-refractivity contribution in [3.63, 3.8) is 0 Å². The maximum atomic E-state index is 11.7. The standard InChI is InChI=1S/C15H21NO4/c1-3-6-13(15(18)19)16-14(17)10-20-12-8-5-7-11(4-2)9-12/h5,7-9,13H,3-4,6,10H2,1-2H3,(H,16,17)(H,18,19). The second-order valence-corrected chi connectivity index (χ2v) is 4.54. The molecule has 1 unspecified atom stereocenters. The summed E-state index contributed by atoms with van der Waals surface area (Å²) >= 11 is 0. The van der Waals surface area contributed by atoms with Crippen molar-refractivity contribution in [1.29, 1.82) is 0 Å². The zero-order valence-electron chi connectivity index (χ0n) is 11.9. The first-order valence-corrected chi connectivity index (χ1v) is 6.80. The number of carbonyl (C=O) groups is 2. The third-order valence-electron chi connectivity index (χ3n) is 2.89. The summed E-state index contributed by atoms with van der Waals surface area (Å²) in [7, 11) is 0. The molecule has 0 radical (unpaired) electrons. The summed E-state index contributed by atoms with van der Waals surface area (Å²) in [6.07, 6.45) is 1.99. The van der Waals surface area contributed by atoms with Gasteiger partial charge in [0, 0.05) is 0 Å². The highest BCUT2D eigenvalue weighted by Crippen LogP contribution is 2.13. The Balaban J connectivity index is 2.47. The molecule has 0 bridgehead atoms. The zero-order chi connectivity index (χ0) is 15.0. The zero-order valence-corrected chi connectivity index (χ0v) is 11.9. The van der Waals surface area contributed by atoms with Gasteiger partial charge in [-0.2, -0.15) is 0 Å². The maximum Gasteiger partial charge on any atom is 0.326 e. The highest BCUT2D eigenvalue weighted by atomic mass is 16.5. The molecule has 0 spiro atoms. The van der Waals surface area contributed by atoms with E-state index >= 15 is 0 Å². The minimum absolute atomic E-state index is 0.180. The molecule has 0 aromatic heterocycles. The Bertz CT molecular complexity index is 459. The number of benzene rings is 1. The van der Waals surface area contributed by atoms with Crippen molar-refractivity contribution >= 4 is 11.9 Å². The van der Waals surface area contributed by atoms with Crippen LogP contribution < -0.4 is 10.1 Å². The average Bonchev–Trinajstić information content (AvgIpc) is 2.44. The van der Waals surface area contributed by atoms with E-state index in [9.17, 15) is 9.59 Å². The molecule has 0 fully saturated rings. The first kappa shape index (κ1) is 16.0.